The molecule has 0 atom stereocenters. The Morgan fingerprint density at radius 2 is 2.00 bits per heavy atom. The Kier molecular flexibility index (Phi) is 4.79. The van der Waals surface area contributed by atoms with Crippen LogP contribution < -0.4 is 0 Å². The summed E-state index contributed by atoms with van der Waals surface area (Å²) >= 11 is 0. The molecular formula is C17H19N3O4. The van der Waals surface area contributed by atoms with Gasteiger partial charge in [-0.05, 0) is 12.0 Å². The van der Waals surface area contributed by atoms with Gasteiger partial charge < -0.3 is 14.4 Å². The fourth-order valence-electron chi connectivity index (χ4n) is 2.72. The number of benzene rings is 1. The van der Waals surface area contributed by atoms with E-state index < -0.39 is 5.97 Å². The topological polar surface area (TPSA) is 84.7 Å². The van der Waals surface area contributed by atoms with Crippen molar-refractivity contribution in [2.75, 3.05) is 6.54 Å². The van der Waals surface area contributed by atoms with Crippen molar-refractivity contribution < 1.29 is 19.4 Å². The second-order valence-corrected chi connectivity index (χ2v) is 5.67. The molecule has 0 saturated carbocycles. The highest BCUT2D eigenvalue weighted by Gasteiger charge is 2.24. The minimum atomic E-state index is -0.826. The molecule has 0 radical (unpaired) electrons. The number of carboxylic acids is 1. The molecule has 0 bridgehead atoms. The van der Waals surface area contributed by atoms with Crippen LogP contribution >= 0.6 is 0 Å². The number of carbonyl (C=O) groups is 2. The summed E-state index contributed by atoms with van der Waals surface area (Å²) in [7, 11) is 0. The van der Waals surface area contributed by atoms with Gasteiger partial charge in [0.05, 0.1) is 13.0 Å². The summed E-state index contributed by atoms with van der Waals surface area (Å²) in [6.07, 6.45) is 1.85. The molecule has 1 N–H and O–H groups in total. The number of carbonyl (C=O) groups excluding carboxylic acids is 1. The van der Waals surface area contributed by atoms with Crippen LogP contribution in [0.5, 0.6) is 0 Å². The van der Waals surface area contributed by atoms with Crippen LogP contribution in [0.4, 0.5) is 4.79 Å². The molecule has 1 aliphatic rings. The number of aliphatic carboxylic acids is 1. The van der Waals surface area contributed by atoms with Gasteiger partial charge in [0.1, 0.15) is 12.4 Å². The third-order valence-corrected chi connectivity index (χ3v) is 4.01. The average molecular weight is 329 g/mol. The van der Waals surface area contributed by atoms with Crippen molar-refractivity contribution in [1.29, 1.82) is 0 Å². The average Bonchev–Trinajstić information content (AvgIpc) is 3.01. The van der Waals surface area contributed by atoms with E-state index >= 15 is 0 Å². The fraction of sp³-hybridized carbons (Fsp3) is 0.353. The van der Waals surface area contributed by atoms with Crippen LogP contribution in [0.15, 0.2) is 36.5 Å². The lowest BCUT2D eigenvalue weighted by atomic mass is 10.2. The zero-order chi connectivity index (χ0) is 16.9. The van der Waals surface area contributed by atoms with Crippen LogP contribution in [0, 0.1) is 0 Å². The highest BCUT2D eigenvalue weighted by molar-refractivity contribution is 5.68. The molecule has 1 aromatic carbocycles. The Balaban J connectivity index is 1.57. The smallest absolute Gasteiger partial charge is 0.410 e. The van der Waals surface area contributed by atoms with E-state index in [9.17, 15) is 9.59 Å². The number of hydrogen-bond donors (Lipinski definition) is 1. The van der Waals surface area contributed by atoms with Gasteiger partial charge in [-0.1, -0.05) is 30.3 Å². The van der Waals surface area contributed by atoms with E-state index in [2.05, 4.69) is 4.98 Å². The van der Waals surface area contributed by atoms with Crippen molar-refractivity contribution in [3.8, 4) is 0 Å². The van der Waals surface area contributed by atoms with Crippen LogP contribution in [0.25, 0.3) is 0 Å². The number of hydrogen-bond acceptors (Lipinski definition) is 4. The Labute approximate surface area is 139 Å². The van der Waals surface area contributed by atoms with Crippen LogP contribution in [0.1, 0.15) is 23.5 Å². The van der Waals surface area contributed by atoms with E-state index in [1.807, 2.05) is 34.9 Å². The lowest BCUT2D eigenvalue weighted by Gasteiger charge is -2.28. The zero-order valence-electron chi connectivity index (χ0n) is 13.2. The molecule has 0 unspecified atom stereocenters. The van der Waals surface area contributed by atoms with Crippen molar-refractivity contribution in [2.24, 2.45) is 0 Å². The summed E-state index contributed by atoms with van der Waals surface area (Å²) in [6, 6.07) is 9.53. The summed E-state index contributed by atoms with van der Waals surface area (Å²) in [6.45, 7) is 1.75. The van der Waals surface area contributed by atoms with Crippen molar-refractivity contribution in [3.05, 3.63) is 53.6 Å². The Hall–Kier alpha value is -2.83. The molecule has 24 heavy (non-hydrogen) atoms. The van der Waals surface area contributed by atoms with E-state index in [1.165, 1.54) is 0 Å². The lowest BCUT2D eigenvalue weighted by Crippen LogP contribution is -2.39. The standard InChI is InChI=1S/C17H19N3O4/c21-16(22)7-6-14-10-18-15-11-19(8-9-20(14)15)17(23)24-12-13-4-2-1-3-5-13/h1-5,10H,6-9,11-12H2,(H,21,22). The number of nitrogens with zero attached hydrogens (tertiary/aromatic N) is 3. The molecule has 0 spiro atoms. The first-order valence-corrected chi connectivity index (χ1v) is 7.84. The Bertz CT molecular complexity index is 727. The summed E-state index contributed by atoms with van der Waals surface area (Å²) < 4.78 is 7.33. The number of imidazole rings is 1. The van der Waals surface area contributed by atoms with E-state index in [0.29, 0.717) is 26.1 Å². The maximum atomic E-state index is 12.2. The number of fused-ring (bicyclic) bond motifs is 1. The minimum absolute atomic E-state index is 0.0773. The molecule has 7 nitrogen and oxygen atoms in total. The quantitative estimate of drug-likeness (QED) is 0.907. The molecule has 0 saturated heterocycles. The van der Waals surface area contributed by atoms with Gasteiger partial charge in [-0.3, -0.25) is 9.69 Å². The van der Waals surface area contributed by atoms with Crippen LogP contribution in [-0.4, -0.2) is 38.2 Å². The predicted octanol–water partition coefficient (Wildman–Crippen LogP) is 2.05. The first-order chi connectivity index (χ1) is 11.6. The molecule has 1 aliphatic heterocycles. The third kappa shape index (κ3) is 3.73. The molecule has 126 valence electrons. The zero-order valence-corrected chi connectivity index (χ0v) is 13.2. The first-order valence-electron chi connectivity index (χ1n) is 7.84. The van der Waals surface area contributed by atoms with E-state index in [4.69, 9.17) is 9.84 Å². The highest BCUT2D eigenvalue weighted by Crippen LogP contribution is 2.16. The van der Waals surface area contributed by atoms with E-state index in [-0.39, 0.29) is 19.1 Å². The van der Waals surface area contributed by atoms with Gasteiger partial charge >= 0.3 is 12.1 Å². The molecule has 0 fully saturated rings. The third-order valence-electron chi connectivity index (χ3n) is 4.01. The molecule has 2 aromatic rings. The van der Waals surface area contributed by atoms with Crippen LogP contribution in [0.2, 0.25) is 0 Å². The van der Waals surface area contributed by atoms with Crippen molar-refractivity contribution in [2.45, 2.75) is 32.5 Å². The minimum Gasteiger partial charge on any atom is -0.481 e. The SMILES string of the molecule is O=C(O)CCc1cnc2n1CCN(C(=O)OCc1ccccc1)C2. The maximum absolute atomic E-state index is 12.2. The number of ether oxygens (including phenoxy) is 1. The summed E-state index contributed by atoms with van der Waals surface area (Å²) in [5.41, 5.74) is 1.84. The lowest BCUT2D eigenvalue weighted by molar-refractivity contribution is -0.137. The fourth-order valence-corrected chi connectivity index (χ4v) is 2.72. The molecule has 7 heteroatoms. The monoisotopic (exact) mass is 329 g/mol. The number of aryl methyl sites for hydroxylation is 1. The largest absolute Gasteiger partial charge is 0.481 e. The van der Waals surface area contributed by atoms with Gasteiger partial charge in [-0.15, -0.1) is 0 Å². The number of carboxylic acid groups (broad SMARTS) is 1. The molecule has 0 aliphatic carbocycles. The van der Waals surface area contributed by atoms with Gasteiger partial charge in [-0.25, -0.2) is 9.78 Å². The van der Waals surface area contributed by atoms with Gasteiger partial charge in [0.2, 0.25) is 0 Å². The van der Waals surface area contributed by atoms with Gasteiger partial charge in [0, 0.05) is 25.0 Å². The second kappa shape index (κ2) is 7.16. The van der Waals surface area contributed by atoms with Gasteiger partial charge in [0.15, 0.2) is 0 Å². The Morgan fingerprint density at radius 3 is 2.75 bits per heavy atom. The summed E-state index contributed by atoms with van der Waals surface area (Å²) in [5, 5.41) is 8.79. The number of rotatable bonds is 5. The molecule has 1 amide bonds. The van der Waals surface area contributed by atoms with E-state index in [0.717, 1.165) is 17.1 Å². The molecule has 1 aromatic heterocycles. The second-order valence-electron chi connectivity index (χ2n) is 5.67. The Morgan fingerprint density at radius 1 is 1.21 bits per heavy atom. The van der Waals surface area contributed by atoms with Crippen molar-refractivity contribution >= 4 is 12.1 Å². The van der Waals surface area contributed by atoms with Crippen LogP contribution in [0.3, 0.4) is 0 Å². The molecule has 2 heterocycles. The van der Waals surface area contributed by atoms with Gasteiger partial charge in [0.25, 0.3) is 0 Å². The van der Waals surface area contributed by atoms with Crippen molar-refractivity contribution in [1.82, 2.24) is 14.5 Å². The molecule has 3 rings (SSSR count). The first kappa shape index (κ1) is 16.0. The summed E-state index contributed by atoms with van der Waals surface area (Å²) in [4.78, 5) is 28.8. The highest BCUT2D eigenvalue weighted by atomic mass is 16.6. The normalized spacial score (nSPS) is 13.4. The van der Waals surface area contributed by atoms with Crippen LogP contribution in [-0.2, 0) is 35.6 Å². The number of amides is 1. The number of aromatic nitrogens is 2. The van der Waals surface area contributed by atoms with Gasteiger partial charge in [-0.2, -0.15) is 0 Å². The summed E-state index contributed by atoms with van der Waals surface area (Å²) in [5.74, 6) is -0.0641. The van der Waals surface area contributed by atoms with Crippen molar-refractivity contribution in [3.63, 3.8) is 0 Å². The molecular weight excluding hydrogens is 310 g/mol. The van der Waals surface area contributed by atoms with E-state index in [1.54, 1.807) is 11.1 Å². The maximum Gasteiger partial charge on any atom is 0.410 e. The predicted molar refractivity (Wildman–Crippen MR) is 85.2 cm³/mol.